The van der Waals surface area contributed by atoms with Crippen molar-refractivity contribution in [2.24, 2.45) is 12.0 Å². The molecule has 1 aromatic carbocycles. The van der Waals surface area contributed by atoms with E-state index < -0.39 is 6.10 Å². The minimum atomic E-state index is -0.618. The maximum atomic E-state index is 10.5. The number of hydrogen-bond donors (Lipinski definition) is 3. The molecule has 0 spiro atoms. The molecule has 1 unspecified atom stereocenters. The predicted molar refractivity (Wildman–Crippen MR) is 111 cm³/mol. The van der Waals surface area contributed by atoms with Crippen molar-refractivity contribution < 1.29 is 5.11 Å². The molecule has 0 saturated heterocycles. The van der Waals surface area contributed by atoms with Gasteiger partial charge in [0.1, 0.15) is 0 Å². The number of rotatable bonds is 7. The first-order chi connectivity index (χ1) is 12.8. The molecule has 0 aliphatic carbocycles. The molecule has 0 fully saturated rings. The van der Waals surface area contributed by atoms with Crippen LogP contribution in [0.3, 0.4) is 0 Å². The standard InChI is InChI=1S/C21H33N5O/c1-6-22-20(23-12-11-16-13-25-26(5)15-16)24-14-19(27)17-7-9-18(10-8-17)21(2,3)4/h7-10,13,15,19,27H,6,11-12,14H2,1-5H3,(H2,22,23,24). The average molecular weight is 372 g/mol. The Balaban J connectivity index is 1.90. The summed E-state index contributed by atoms with van der Waals surface area (Å²) in [5.41, 5.74) is 3.43. The van der Waals surface area contributed by atoms with Gasteiger partial charge in [0.15, 0.2) is 5.96 Å². The highest BCUT2D eigenvalue weighted by atomic mass is 16.3. The van der Waals surface area contributed by atoms with Gasteiger partial charge in [-0.15, -0.1) is 0 Å². The first kappa shape index (κ1) is 21.0. The number of guanidine groups is 1. The Bertz CT molecular complexity index is 728. The summed E-state index contributed by atoms with van der Waals surface area (Å²) in [6.45, 7) is 10.4. The summed E-state index contributed by atoms with van der Waals surface area (Å²) in [5.74, 6) is 0.715. The Kier molecular flexibility index (Phi) is 7.42. The molecule has 6 nitrogen and oxygen atoms in total. The Hall–Kier alpha value is -2.34. The Morgan fingerprint density at radius 1 is 1.22 bits per heavy atom. The van der Waals surface area contributed by atoms with Gasteiger partial charge in [-0.1, -0.05) is 45.0 Å². The maximum absolute atomic E-state index is 10.5. The lowest BCUT2D eigenvalue weighted by Gasteiger charge is -2.20. The number of benzene rings is 1. The molecule has 27 heavy (non-hydrogen) atoms. The van der Waals surface area contributed by atoms with E-state index in [-0.39, 0.29) is 5.41 Å². The topological polar surface area (TPSA) is 74.5 Å². The molecular formula is C21H33N5O. The van der Waals surface area contributed by atoms with Gasteiger partial charge < -0.3 is 15.7 Å². The zero-order valence-electron chi connectivity index (χ0n) is 17.2. The van der Waals surface area contributed by atoms with Gasteiger partial charge in [-0.25, -0.2) is 0 Å². The maximum Gasteiger partial charge on any atom is 0.191 e. The first-order valence-corrected chi connectivity index (χ1v) is 9.58. The molecule has 0 aliphatic rings. The predicted octanol–water partition coefficient (Wildman–Crippen LogP) is 2.55. The molecule has 0 radical (unpaired) electrons. The fourth-order valence-electron chi connectivity index (χ4n) is 2.76. The average Bonchev–Trinajstić information content (AvgIpc) is 3.04. The van der Waals surface area contributed by atoms with Crippen LogP contribution in [0.1, 0.15) is 50.5 Å². The monoisotopic (exact) mass is 371 g/mol. The lowest BCUT2D eigenvalue weighted by atomic mass is 9.86. The number of aromatic nitrogens is 2. The van der Waals surface area contributed by atoms with Gasteiger partial charge in [-0.2, -0.15) is 5.10 Å². The van der Waals surface area contributed by atoms with Gasteiger partial charge in [-0.05, 0) is 35.4 Å². The number of aliphatic hydroxyl groups excluding tert-OH is 1. The van der Waals surface area contributed by atoms with Crippen LogP contribution in [0.15, 0.2) is 41.7 Å². The zero-order valence-corrected chi connectivity index (χ0v) is 17.2. The molecule has 0 amide bonds. The lowest BCUT2D eigenvalue weighted by molar-refractivity contribution is 0.187. The second kappa shape index (κ2) is 9.55. The lowest BCUT2D eigenvalue weighted by Crippen LogP contribution is -2.38. The van der Waals surface area contributed by atoms with E-state index in [9.17, 15) is 5.11 Å². The second-order valence-corrected chi connectivity index (χ2v) is 7.81. The molecule has 1 heterocycles. The van der Waals surface area contributed by atoms with E-state index in [0.29, 0.717) is 12.5 Å². The third-order valence-electron chi connectivity index (χ3n) is 4.39. The minimum Gasteiger partial charge on any atom is -0.386 e. The SMILES string of the molecule is CCNC(=NCC(O)c1ccc(C(C)(C)C)cc1)NCCc1cnn(C)c1. The minimum absolute atomic E-state index is 0.109. The summed E-state index contributed by atoms with van der Waals surface area (Å²) in [5, 5.41) is 21.2. The summed E-state index contributed by atoms with van der Waals surface area (Å²) < 4.78 is 1.80. The number of nitrogens with one attached hydrogen (secondary N) is 2. The Morgan fingerprint density at radius 2 is 1.93 bits per heavy atom. The van der Waals surface area contributed by atoms with Crippen molar-refractivity contribution in [2.75, 3.05) is 19.6 Å². The number of aliphatic imine (C=N–C) groups is 1. The van der Waals surface area contributed by atoms with Crippen LogP contribution in [0.2, 0.25) is 0 Å². The molecule has 0 aliphatic heterocycles. The summed E-state index contributed by atoms with van der Waals surface area (Å²) in [6, 6.07) is 8.15. The molecular weight excluding hydrogens is 338 g/mol. The van der Waals surface area contributed by atoms with Crippen molar-refractivity contribution in [3.63, 3.8) is 0 Å². The van der Waals surface area contributed by atoms with Crippen molar-refractivity contribution >= 4 is 5.96 Å². The van der Waals surface area contributed by atoms with E-state index in [1.807, 2.05) is 38.5 Å². The number of nitrogens with zero attached hydrogens (tertiary/aromatic N) is 3. The van der Waals surface area contributed by atoms with Crippen molar-refractivity contribution in [1.29, 1.82) is 0 Å². The number of hydrogen-bond acceptors (Lipinski definition) is 3. The van der Waals surface area contributed by atoms with Crippen molar-refractivity contribution in [1.82, 2.24) is 20.4 Å². The van der Waals surface area contributed by atoms with Crippen molar-refractivity contribution in [3.05, 3.63) is 53.3 Å². The van der Waals surface area contributed by atoms with Crippen LogP contribution in [0.5, 0.6) is 0 Å². The molecule has 0 bridgehead atoms. The Morgan fingerprint density at radius 3 is 2.48 bits per heavy atom. The van der Waals surface area contributed by atoms with Gasteiger partial charge >= 0.3 is 0 Å². The van der Waals surface area contributed by atoms with Crippen LogP contribution in [-0.2, 0) is 18.9 Å². The van der Waals surface area contributed by atoms with Crippen LogP contribution in [-0.4, -0.2) is 40.5 Å². The van der Waals surface area contributed by atoms with E-state index in [1.165, 1.54) is 11.1 Å². The molecule has 1 atom stereocenters. The van der Waals surface area contributed by atoms with Gasteiger partial charge in [0.25, 0.3) is 0 Å². The molecule has 2 aromatic rings. The van der Waals surface area contributed by atoms with Crippen LogP contribution in [0.4, 0.5) is 0 Å². The smallest absolute Gasteiger partial charge is 0.191 e. The van der Waals surface area contributed by atoms with Crippen LogP contribution in [0, 0.1) is 0 Å². The van der Waals surface area contributed by atoms with Crippen LogP contribution < -0.4 is 10.6 Å². The fourth-order valence-corrected chi connectivity index (χ4v) is 2.76. The molecule has 0 saturated carbocycles. The molecule has 148 valence electrons. The third-order valence-corrected chi connectivity index (χ3v) is 4.39. The molecule has 6 heteroatoms. The fraction of sp³-hybridized carbons (Fsp3) is 0.524. The first-order valence-electron chi connectivity index (χ1n) is 9.58. The number of aryl methyl sites for hydroxylation is 1. The Labute approximate surface area is 162 Å². The van der Waals surface area contributed by atoms with Gasteiger partial charge in [0, 0.05) is 26.3 Å². The van der Waals surface area contributed by atoms with Crippen molar-refractivity contribution in [3.8, 4) is 0 Å². The van der Waals surface area contributed by atoms with Crippen LogP contribution in [0.25, 0.3) is 0 Å². The van der Waals surface area contributed by atoms with Crippen molar-refractivity contribution in [2.45, 2.75) is 45.6 Å². The van der Waals surface area contributed by atoms with Gasteiger partial charge in [-0.3, -0.25) is 9.67 Å². The quantitative estimate of drug-likeness (QED) is 0.516. The summed E-state index contributed by atoms with van der Waals surface area (Å²) in [6.07, 6.45) is 4.13. The van der Waals surface area contributed by atoms with E-state index in [0.717, 1.165) is 25.1 Å². The molecule has 3 N–H and O–H groups in total. The highest BCUT2D eigenvalue weighted by Crippen LogP contribution is 2.24. The van der Waals surface area contributed by atoms with E-state index >= 15 is 0 Å². The van der Waals surface area contributed by atoms with Gasteiger partial charge in [0.05, 0.1) is 18.8 Å². The zero-order chi connectivity index (χ0) is 19.9. The van der Waals surface area contributed by atoms with E-state index in [4.69, 9.17) is 0 Å². The third kappa shape index (κ3) is 6.71. The van der Waals surface area contributed by atoms with Gasteiger partial charge in [0.2, 0.25) is 0 Å². The highest BCUT2D eigenvalue weighted by Gasteiger charge is 2.14. The summed E-state index contributed by atoms with van der Waals surface area (Å²) in [7, 11) is 1.91. The molecule has 2 rings (SSSR count). The highest BCUT2D eigenvalue weighted by molar-refractivity contribution is 5.79. The largest absolute Gasteiger partial charge is 0.386 e. The summed E-state index contributed by atoms with van der Waals surface area (Å²) in [4.78, 5) is 4.52. The summed E-state index contributed by atoms with van der Waals surface area (Å²) >= 11 is 0. The van der Waals surface area contributed by atoms with E-state index in [2.05, 4.69) is 53.6 Å². The second-order valence-electron chi connectivity index (χ2n) is 7.81. The normalized spacial score (nSPS) is 13.5. The molecule has 1 aromatic heterocycles. The van der Waals surface area contributed by atoms with Crippen LogP contribution >= 0.6 is 0 Å². The number of aliphatic hydroxyl groups is 1. The van der Waals surface area contributed by atoms with E-state index in [1.54, 1.807) is 4.68 Å².